The number of halogens is 1. The second-order valence-electron chi connectivity index (χ2n) is 5.09. The van der Waals surface area contributed by atoms with Gasteiger partial charge in [0.05, 0.1) is 16.9 Å². The standard InChI is InChI=1S/C17H14ClN3O2/c1-11-7-8-13(17(9-11)23-12(2)22)15-10-21(20-19-15)16-6-4-3-5-14(16)18/h3-10H,1-2H3. The molecule has 0 aliphatic carbocycles. The number of aryl methyl sites for hydroxylation is 1. The van der Waals surface area contributed by atoms with Crippen LogP contribution in [0.3, 0.4) is 0 Å². The Kier molecular flexibility index (Phi) is 4.12. The Hall–Kier alpha value is -2.66. The second kappa shape index (κ2) is 6.22. The molecule has 0 aliphatic heterocycles. The fraction of sp³-hybridized carbons (Fsp3) is 0.118. The van der Waals surface area contributed by atoms with E-state index in [9.17, 15) is 4.79 Å². The molecule has 3 aromatic rings. The van der Waals surface area contributed by atoms with Crippen LogP contribution in [0, 0.1) is 6.92 Å². The number of benzene rings is 2. The molecular formula is C17H14ClN3O2. The number of carbonyl (C=O) groups is 1. The Balaban J connectivity index is 2.04. The minimum atomic E-state index is -0.379. The highest BCUT2D eigenvalue weighted by Gasteiger charge is 2.13. The number of nitrogens with zero attached hydrogens (tertiary/aromatic N) is 3. The molecule has 0 bridgehead atoms. The molecule has 23 heavy (non-hydrogen) atoms. The van der Waals surface area contributed by atoms with E-state index in [-0.39, 0.29) is 5.97 Å². The van der Waals surface area contributed by atoms with Crippen LogP contribution in [0.5, 0.6) is 5.75 Å². The van der Waals surface area contributed by atoms with Crippen LogP contribution < -0.4 is 4.74 Å². The van der Waals surface area contributed by atoms with Crippen molar-refractivity contribution in [2.45, 2.75) is 13.8 Å². The van der Waals surface area contributed by atoms with E-state index in [0.29, 0.717) is 22.0 Å². The molecule has 0 unspecified atom stereocenters. The minimum Gasteiger partial charge on any atom is -0.426 e. The first-order valence-electron chi connectivity index (χ1n) is 7.01. The van der Waals surface area contributed by atoms with Gasteiger partial charge < -0.3 is 4.74 Å². The highest BCUT2D eigenvalue weighted by atomic mass is 35.5. The van der Waals surface area contributed by atoms with Gasteiger partial charge in [0, 0.05) is 12.5 Å². The summed E-state index contributed by atoms with van der Waals surface area (Å²) in [4.78, 5) is 11.3. The van der Waals surface area contributed by atoms with Crippen LogP contribution in [-0.2, 0) is 4.79 Å². The molecule has 0 fully saturated rings. The minimum absolute atomic E-state index is 0.379. The number of ether oxygens (including phenoxy) is 1. The van der Waals surface area contributed by atoms with Crippen molar-refractivity contribution in [1.82, 2.24) is 15.0 Å². The molecule has 6 heteroatoms. The fourth-order valence-electron chi connectivity index (χ4n) is 2.22. The van der Waals surface area contributed by atoms with Crippen LogP contribution in [-0.4, -0.2) is 21.0 Å². The predicted molar refractivity (Wildman–Crippen MR) is 87.9 cm³/mol. The Morgan fingerprint density at radius 2 is 2.00 bits per heavy atom. The topological polar surface area (TPSA) is 57.0 Å². The third kappa shape index (κ3) is 3.24. The van der Waals surface area contributed by atoms with Crippen LogP contribution in [0.4, 0.5) is 0 Å². The van der Waals surface area contributed by atoms with E-state index >= 15 is 0 Å². The summed E-state index contributed by atoms with van der Waals surface area (Å²) in [7, 11) is 0. The number of hydrogen-bond donors (Lipinski definition) is 0. The van der Waals surface area contributed by atoms with E-state index in [4.69, 9.17) is 16.3 Å². The highest BCUT2D eigenvalue weighted by Crippen LogP contribution is 2.30. The van der Waals surface area contributed by atoms with Crippen LogP contribution in [0.15, 0.2) is 48.7 Å². The molecule has 0 aliphatic rings. The van der Waals surface area contributed by atoms with Gasteiger partial charge >= 0.3 is 5.97 Å². The first kappa shape index (κ1) is 15.2. The third-order valence-corrected chi connectivity index (χ3v) is 3.58. The van der Waals surface area contributed by atoms with E-state index in [1.165, 1.54) is 6.92 Å². The van der Waals surface area contributed by atoms with Crippen molar-refractivity contribution in [2.24, 2.45) is 0 Å². The summed E-state index contributed by atoms with van der Waals surface area (Å²) >= 11 is 6.18. The molecule has 1 aromatic heterocycles. The average molecular weight is 328 g/mol. The number of esters is 1. The molecule has 0 spiro atoms. The maximum absolute atomic E-state index is 11.3. The van der Waals surface area contributed by atoms with E-state index in [0.717, 1.165) is 11.3 Å². The lowest BCUT2D eigenvalue weighted by Gasteiger charge is -2.07. The van der Waals surface area contributed by atoms with Crippen LogP contribution in [0.25, 0.3) is 16.9 Å². The zero-order valence-electron chi connectivity index (χ0n) is 12.7. The van der Waals surface area contributed by atoms with E-state index in [2.05, 4.69) is 10.3 Å². The largest absolute Gasteiger partial charge is 0.426 e. The van der Waals surface area contributed by atoms with Gasteiger partial charge in [-0.1, -0.05) is 35.0 Å². The van der Waals surface area contributed by atoms with Gasteiger partial charge in [0.25, 0.3) is 0 Å². The van der Waals surface area contributed by atoms with Gasteiger partial charge in [-0.3, -0.25) is 4.79 Å². The summed E-state index contributed by atoms with van der Waals surface area (Å²) in [6.45, 7) is 3.30. The van der Waals surface area contributed by atoms with Crippen molar-refractivity contribution in [3.63, 3.8) is 0 Å². The lowest BCUT2D eigenvalue weighted by Crippen LogP contribution is -2.03. The Bertz CT molecular complexity index is 874. The molecule has 0 N–H and O–H groups in total. The molecule has 0 radical (unpaired) electrons. The van der Waals surface area contributed by atoms with Crippen LogP contribution in [0.1, 0.15) is 12.5 Å². The first-order chi connectivity index (χ1) is 11.0. The Labute approximate surface area is 138 Å². The number of rotatable bonds is 3. The number of hydrogen-bond acceptors (Lipinski definition) is 4. The maximum atomic E-state index is 11.3. The van der Waals surface area contributed by atoms with Gasteiger partial charge in [0.15, 0.2) is 0 Å². The van der Waals surface area contributed by atoms with Crippen LogP contribution >= 0.6 is 11.6 Å². The number of carbonyl (C=O) groups excluding carboxylic acids is 1. The number of para-hydroxylation sites is 1. The summed E-state index contributed by atoms with van der Waals surface area (Å²) in [5.74, 6) is 0.0825. The fourth-order valence-corrected chi connectivity index (χ4v) is 2.45. The van der Waals surface area contributed by atoms with E-state index in [1.54, 1.807) is 23.0 Å². The normalized spacial score (nSPS) is 10.6. The summed E-state index contributed by atoms with van der Waals surface area (Å²) in [6.07, 6.45) is 1.75. The summed E-state index contributed by atoms with van der Waals surface area (Å²) in [5, 5.41) is 8.85. The molecule has 0 saturated heterocycles. The third-order valence-electron chi connectivity index (χ3n) is 3.26. The first-order valence-corrected chi connectivity index (χ1v) is 7.39. The van der Waals surface area contributed by atoms with Gasteiger partial charge in [-0.25, -0.2) is 4.68 Å². The molecular weight excluding hydrogens is 314 g/mol. The molecule has 0 amide bonds. The van der Waals surface area contributed by atoms with Gasteiger partial charge in [0.1, 0.15) is 11.4 Å². The Morgan fingerprint density at radius 1 is 1.22 bits per heavy atom. The van der Waals surface area contributed by atoms with Crippen LogP contribution in [0.2, 0.25) is 5.02 Å². The lowest BCUT2D eigenvalue weighted by atomic mass is 10.1. The molecule has 0 saturated carbocycles. The van der Waals surface area contributed by atoms with Gasteiger partial charge in [-0.05, 0) is 36.8 Å². The monoisotopic (exact) mass is 327 g/mol. The molecule has 5 nitrogen and oxygen atoms in total. The quantitative estimate of drug-likeness (QED) is 0.542. The summed E-state index contributed by atoms with van der Waals surface area (Å²) < 4.78 is 6.87. The van der Waals surface area contributed by atoms with Crippen molar-refractivity contribution in [1.29, 1.82) is 0 Å². The summed E-state index contributed by atoms with van der Waals surface area (Å²) in [5.41, 5.74) is 3.02. The van der Waals surface area contributed by atoms with Gasteiger partial charge in [-0.2, -0.15) is 0 Å². The molecule has 2 aromatic carbocycles. The molecule has 3 rings (SSSR count). The SMILES string of the molecule is CC(=O)Oc1cc(C)ccc1-c1cn(-c2ccccc2Cl)nn1. The zero-order chi connectivity index (χ0) is 16.4. The molecule has 1 heterocycles. The molecule has 0 atom stereocenters. The van der Waals surface area contributed by atoms with Crippen molar-refractivity contribution in [2.75, 3.05) is 0 Å². The van der Waals surface area contributed by atoms with Crippen molar-refractivity contribution >= 4 is 17.6 Å². The maximum Gasteiger partial charge on any atom is 0.308 e. The van der Waals surface area contributed by atoms with Gasteiger partial charge in [0.2, 0.25) is 0 Å². The number of aromatic nitrogens is 3. The van der Waals surface area contributed by atoms with Crippen molar-refractivity contribution in [3.05, 3.63) is 59.2 Å². The average Bonchev–Trinajstić information content (AvgIpc) is 2.96. The Morgan fingerprint density at radius 3 is 2.74 bits per heavy atom. The summed E-state index contributed by atoms with van der Waals surface area (Å²) in [6, 6.07) is 12.9. The smallest absolute Gasteiger partial charge is 0.308 e. The van der Waals surface area contributed by atoms with Crippen molar-refractivity contribution < 1.29 is 9.53 Å². The zero-order valence-corrected chi connectivity index (χ0v) is 13.4. The van der Waals surface area contributed by atoms with Gasteiger partial charge in [-0.15, -0.1) is 5.10 Å². The van der Waals surface area contributed by atoms with Crippen molar-refractivity contribution in [3.8, 4) is 22.7 Å². The predicted octanol–water partition coefficient (Wildman–Crippen LogP) is 3.82. The van der Waals surface area contributed by atoms with E-state index < -0.39 is 0 Å². The molecule has 116 valence electrons. The highest BCUT2D eigenvalue weighted by molar-refractivity contribution is 6.32. The lowest BCUT2D eigenvalue weighted by molar-refractivity contribution is -0.131. The van der Waals surface area contributed by atoms with E-state index in [1.807, 2.05) is 37.3 Å². The second-order valence-corrected chi connectivity index (χ2v) is 5.50.